The van der Waals surface area contributed by atoms with Crippen molar-refractivity contribution in [2.24, 2.45) is 0 Å². The number of furan rings is 1. The van der Waals surface area contributed by atoms with Gasteiger partial charge in [0, 0.05) is 15.6 Å². The number of anilines is 1. The zero-order chi connectivity index (χ0) is 14.9. The summed E-state index contributed by atoms with van der Waals surface area (Å²) in [4.78, 5) is -0.0941. The van der Waals surface area contributed by atoms with Gasteiger partial charge in [-0.25, -0.2) is 8.42 Å². The molecule has 2 N–H and O–H groups in total. The summed E-state index contributed by atoms with van der Waals surface area (Å²) in [5.74, 6) is 0.146. The molecule has 0 aliphatic heterocycles. The van der Waals surface area contributed by atoms with Crippen molar-refractivity contribution in [2.45, 2.75) is 11.5 Å². The van der Waals surface area contributed by atoms with E-state index in [1.54, 1.807) is 12.1 Å². The van der Waals surface area contributed by atoms with E-state index >= 15 is 0 Å². The average molecular weight is 446 g/mol. The van der Waals surface area contributed by atoms with Crippen molar-refractivity contribution in [1.82, 2.24) is 0 Å². The number of halogens is 3. The van der Waals surface area contributed by atoms with E-state index in [-0.39, 0.29) is 15.3 Å². The van der Waals surface area contributed by atoms with Gasteiger partial charge in [0.15, 0.2) is 4.67 Å². The molecule has 0 radical (unpaired) electrons. The number of sulfonamides is 1. The lowest BCUT2D eigenvalue weighted by Gasteiger charge is -2.08. The molecule has 0 bridgehead atoms. The minimum atomic E-state index is -3.84. The van der Waals surface area contributed by atoms with Crippen LogP contribution in [0.1, 0.15) is 5.76 Å². The molecule has 108 valence electrons. The lowest BCUT2D eigenvalue weighted by Crippen LogP contribution is -2.13. The molecule has 0 fully saturated rings. The van der Waals surface area contributed by atoms with E-state index in [1.165, 1.54) is 12.1 Å². The maximum absolute atomic E-state index is 12.3. The Morgan fingerprint density at radius 1 is 1.30 bits per heavy atom. The highest BCUT2D eigenvalue weighted by atomic mass is 79.9. The van der Waals surface area contributed by atoms with Crippen LogP contribution in [0.4, 0.5) is 5.69 Å². The number of hydrogen-bond acceptors (Lipinski definition) is 4. The summed E-state index contributed by atoms with van der Waals surface area (Å²) in [7, 11) is -3.84. The Morgan fingerprint density at radius 3 is 2.55 bits per heavy atom. The minimum Gasteiger partial charge on any atom is -0.450 e. The molecule has 1 aromatic heterocycles. The highest BCUT2D eigenvalue weighted by Gasteiger charge is 2.23. The average Bonchev–Trinajstić information content (AvgIpc) is 2.75. The number of hydrogen-bond donors (Lipinski definition) is 2. The van der Waals surface area contributed by atoms with Gasteiger partial charge in [-0.2, -0.15) is 0 Å². The Kier molecular flexibility index (Phi) is 4.80. The van der Waals surface area contributed by atoms with Gasteiger partial charge >= 0.3 is 0 Å². The number of nitrogens with one attached hydrogen (secondary N) is 1. The van der Waals surface area contributed by atoms with Gasteiger partial charge in [0.25, 0.3) is 10.0 Å². The first-order chi connectivity index (χ1) is 9.33. The largest absolute Gasteiger partial charge is 0.450 e. The van der Waals surface area contributed by atoms with Crippen LogP contribution in [0.5, 0.6) is 0 Å². The van der Waals surface area contributed by atoms with Crippen molar-refractivity contribution in [3.63, 3.8) is 0 Å². The smallest absolute Gasteiger partial charge is 0.266 e. The van der Waals surface area contributed by atoms with E-state index in [1.807, 2.05) is 0 Å². The Labute approximate surface area is 137 Å². The van der Waals surface area contributed by atoms with Crippen molar-refractivity contribution in [2.75, 3.05) is 4.72 Å². The molecule has 2 rings (SSSR count). The quantitative estimate of drug-likeness (QED) is 0.751. The van der Waals surface area contributed by atoms with Crippen LogP contribution in [-0.4, -0.2) is 13.5 Å². The predicted octanol–water partition coefficient (Wildman–Crippen LogP) is 3.75. The molecule has 0 saturated carbocycles. The monoisotopic (exact) mass is 443 g/mol. The molecular weight excluding hydrogens is 437 g/mol. The maximum atomic E-state index is 12.3. The van der Waals surface area contributed by atoms with Gasteiger partial charge < -0.3 is 9.52 Å². The Morgan fingerprint density at radius 2 is 2.00 bits per heavy atom. The third-order valence-corrected chi connectivity index (χ3v) is 5.44. The fraction of sp³-hybridized carbons (Fsp3) is 0.0909. The fourth-order valence-corrected chi connectivity index (χ4v) is 4.42. The second-order valence-corrected chi connectivity index (χ2v) is 7.40. The molecule has 5 nitrogen and oxygen atoms in total. The van der Waals surface area contributed by atoms with E-state index < -0.39 is 16.6 Å². The summed E-state index contributed by atoms with van der Waals surface area (Å²) in [5.41, 5.74) is 0.341. The standard InChI is InChI=1S/C11H8Br2ClNO4S/c12-8-3-6(14)1-2-9(8)15-20(17,18)10-4-7(5-16)19-11(10)13/h1-4,15-16H,5H2. The third kappa shape index (κ3) is 3.37. The topological polar surface area (TPSA) is 79.5 Å². The van der Waals surface area contributed by atoms with Crippen LogP contribution >= 0.6 is 43.5 Å². The number of benzene rings is 1. The van der Waals surface area contributed by atoms with Crippen LogP contribution in [0.15, 0.2) is 42.7 Å². The molecular formula is C11H8Br2ClNO4S. The van der Waals surface area contributed by atoms with Crippen molar-refractivity contribution in [1.29, 1.82) is 0 Å². The van der Waals surface area contributed by atoms with Crippen molar-refractivity contribution < 1.29 is 17.9 Å². The van der Waals surface area contributed by atoms with Crippen LogP contribution in [-0.2, 0) is 16.6 Å². The van der Waals surface area contributed by atoms with Crippen LogP contribution in [0.25, 0.3) is 0 Å². The second kappa shape index (κ2) is 6.07. The summed E-state index contributed by atoms with van der Waals surface area (Å²) >= 11 is 12.0. The van der Waals surface area contributed by atoms with Gasteiger partial charge in [-0.1, -0.05) is 11.6 Å². The predicted molar refractivity (Wildman–Crippen MR) is 82.3 cm³/mol. The van der Waals surface area contributed by atoms with Crippen LogP contribution in [0.3, 0.4) is 0 Å². The molecule has 1 heterocycles. The van der Waals surface area contributed by atoms with Gasteiger partial charge in [0.05, 0.1) is 5.69 Å². The molecule has 2 aromatic rings. The van der Waals surface area contributed by atoms with Crippen LogP contribution < -0.4 is 4.72 Å². The lowest BCUT2D eigenvalue weighted by molar-refractivity contribution is 0.245. The van der Waals surface area contributed by atoms with Gasteiger partial charge in [0.1, 0.15) is 17.3 Å². The molecule has 0 aliphatic rings. The van der Waals surface area contributed by atoms with Crippen molar-refractivity contribution in [3.05, 3.63) is 44.2 Å². The molecule has 20 heavy (non-hydrogen) atoms. The molecule has 0 aliphatic carbocycles. The number of rotatable bonds is 4. The van der Waals surface area contributed by atoms with Crippen molar-refractivity contribution >= 4 is 59.2 Å². The molecule has 1 aromatic carbocycles. The fourth-order valence-electron chi connectivity index (χ4n) is 1.43. The summed E-state index contributed by atoms with van der Waals surface area (Å²) in [6, 6.07) is 5.91. The number of aliphatic hydroxyl groups is 1. The molecule has 0 spiro atoms. The highest BCUT2D eigenvalue weighted by Crippen LogP contribution is 2.31. The normalized spacial score (nSPS) is 11.6. The van der Waals surface area contributed by atoms with Gasteiger partial charge in [0.2, 0.25) is 0 Å². The van der Waals surface area contributed by atoms with E-state index in [4.69, 9.17) is 21.1 Å². The van der Waals surface area contributed by atoms with E-state index in [0.717, 1.165) is 0 Å². The maximum Gasteiger partial charge on any atom is 0.266 e. The Hall–Kier alpha value is -0.540. The second-order valence-electron chi connectivity index (χ2n) is 3.74. The molecule has 0 saturated heterocycles. The SMILES string of the molecule is O=S(=O)(Nc1ccc(Cl)cc1Br)c1cc(CO)oc1Br. The lowest BCUT2D eigenvalue weighted by atomic mass is 10.3. The molecule has 0 amide bonds. The third-order valence-electron chi connectivity index (χ3n) is 2.33. The van der Waals surface area contributed by atoms with Gasteiger partial charge in [-0.3, -0.25) is 4.72 Å². The van der Waals surface area contributed by atoms with E-state index in [2.05, 4.69) is 36.6 Å². The first-order valence-corrected chi connectivity index (χ1v) is 8.65. The first-order valence-electron chi connectivity index (χ1n) is 5.20. The zero-order valence-electron chi connectivity index (χ0n) is 9.73. The summed E-state index contributed by atoms with van der Waals surface area (Å²) < 4.78 is 32.5. The van der Waals surface area contributed by atoms with Gasteiger partial charge in [-0.05, 0) is 50.1 Å². The highest BCUT2D eigenvalue weighted by molar-refractivity contribution is 9.10. The first kappa shape index (κ1) is 15.8. The molecule has 0 unspecified atom stereocenters. The van der Waals surface area contributed by atoms with Gasteiger partial charge in [-0.15, -0.1) is 0 Å². The molecule has 9 heteroatoms. The summed E-state index contributed by atoms with van der Waals surface area (Å²) in [6.45, 7) is -0.390. The summed E-state index contributed by atoms with van der Waals surface area (Å²) in [5, 5.41) is 9.43. The van der Waals surface area contributed by atoms with E-state index in [0.29, 0.717) is 15.2 Å². The summed E-state index contributed by atoms with van der Waals surface area (Å²) in [6.07, 6.45) is 0. The zero-order valence-corrected chi connectivity index (χ0v) is 14.5. The van der Waals surface area contributed by atoms with E-state index in [9.17, 15) is 8.42 Å². The molecule has 0 atom stereocenters. The minimum absolute atomic E-state index is 0.0270. The number of aliphatic hydroxyl groups excluding tert-OH is 1. The van der Waals surface area contributed by atoms with Crippen LogP contribution in [0, 0.1) is 0 Å². The van der Waals surface area contributed by atoms with Crippen LogP contribution in [0.2, 0.25) is 5.02 Å². The Balaban J connectivity index is 2.38. The van der Waals surface area contributed by atoms with Crippen molar-refractivity contribution in [3.8, 4) is 0 Å². The Bertz CT molecular complexity index is 745.